The number of aromatic amines is 1. The van der Waals surface area contributed by atoms with E-state index < -0.39 is 31.8 Å². The number of aryl methyl sites for hydroxylation is 1. The van der Waals surface area contributed by atoms with Crippen LogP contribution >= 0.6 is 10.2 Å². The Balaban J connectivity index is 1.94. The summed E-state index contributed by atoms with van der Waals surface area (Å²) in [7, 11) is -9.83. The highest BCUT2D eigenvalue weighted by Crippen LogP contribution is 3.02. The van der Waals surface area contributed by atoms with E-state index in [2.05, 4.69) is 18.8 Å². The van der Waals surface area contributed by atoms with Gasteiger partial charge in [-0.3, -0.25) is 19.1 Å². The Labute approximate surface area is 219 Å². The maximum absolute atomic E-state index is 13.0. The number of H-pyrrole nitrogens is 1. The van der Waals surface area contributed by atoms with Crippen LogP contribution in [0.2, 0.25) is 0 Å². The molecule has 1 unspecified atom stereocenters. The number of benzene rings is 1. The molecule has 0 saturated heterocycles. The largest absolute Gasteiger partial charge is 0.465 e. The topological polar surface area (TPSA) is 81.2 Å². The van der Waals surface area contributed by atoms with Gasteiger partial charge in [0.25, 0.3) is 5.56 Å². The van der Waals surface area contributed by atoms with Crippen LogP contribution in [0, 0.1) is 17.3 Å². The third-order valence-corrected chi connectivity index (χ3v) is 7.88. The van der Waals surface area contributed by atoms with E-state index in [1.54, 1.807) is 0 Å². The van der Waals surface area contributed by atoms with E-state index in [9.17, 15) is 33.8 Å². The lowest BCUT2D eigenvalue weighted by atomic mass is 9.73. The van der Waals surface area contributed by atoms with E-state index in [1.165, 1.54) is 10.8 Å². The number of nitrogens with zero attached hydrogens (tertiary/aromatic N) is 1. The summed E-state index contributed by atoms with van der Waals surface area (Å²) in [5.74, 6) is 0.293. The lowest BCUT2D eigenvalue weighted by Crippen LogP contribution is -2.36. The van der Waals surface area contributed by atoms with Gasteiger partial charge in [0.05, 0.1) is 17.6 Å². The van der Waals surface area contributed by atoms with Gasteiger partial charge >= 0.3 is 21.9 Å². The van der Waals surface area contributed by atoms with E-state index in [0.717, 1.165) is 25.0 Å². The van der Waals surface area contributed by atoms with Crippen molar-refractivity contribution in [1.82, 2.24) is 9.55 Å². The fourth-order valence-corrected chi connectivity index (χ4v) is 4.89. The summed E-state index contributed by atoms with van der Waals surface area (Å²) in [5, 5.41) is 0. The smallest absolute Gasteiger partial charge is 0.328 e. The highest BCUT2D eigenvalue weighted by molar-refractivity contribution is 8.45. The SMILES string of the molecule is CC(C)CC(C)(C(=O)OCCCCCCn1cc(-c2ccc(S(F)(F)(F)(F)F)cc2)c(=O)[nH]c1=O)C(C)C. The van der Waals surface area contributed by atoms with Gasteiger partial charge in [-0.2, -0.15) is 0 Å². The summed E-state index contributed by atoms with van der Waals surface area (Å²) < 4.78 is 71.5. The first-order valence-corrected chi connectivity index (χ1v) is 14.6. The first-order chi connectivity index (χ1) is 17.2. The number of carbonyl (C=O) groups is 1. The van der Waals surface area contributed by atoms with Crippen LogP contribution in [0.4, 0.5) is 19.4 Å². The number of rotatable bonds is 13. The van der Waals surface area contributed by atoms with Crippen molar-refractivity contribution >= 4 is 16.2 Å². The van der Waals surface area contributed by atoms with Gasteiger partial charge < -0.3 is 4.74 Å². The molecule has 0 amide bonds. The van der Waals surface area contributed by atoms with Crippen LogP contribution in [0.25, 0.3) is 11.1 Å². The van der Waals surface area contributed by atoms with Crippen LogP contribution in [-0.2, 0) is 16.1 Å². The second kappa shape index (κ2) is 10.9. The molecule has 0 fully saturated rings. The third-order valence-electron chi connectivity index (χ3n) is 6.72. The fraction of sp³-hybridized carbons (Fsp3) is 0.577. The van der Waals surface area contributed by atoms with Crippen molar-refractivity contribution in [3.63, 3.8) is 0 Å². The molecule has 2 rings (SSSR count). The maximum Gasteiger partial charge on any atom is 0.328 e. The summed E-state index contributed by atoms with van der Waals surface area (Å²) in [5.41, 5.74) is -2.21. The average Bonchev–Trinajstić information content (AvgIpc) is 2.77. The van der Waals surface area contributed by atoms with E-state index in [0.29, 0.717) is 25.2 Å². The number of esters is 1. The standard InChI is InChI=1S/C26H37F5N2O4S/c1-18(2)16-26(5,19(3)4)24(35)37-15-9-7-6-8-14-33-17-22(23(34)32-25(33)36)20-10-12-21(13-11-20)38(27,28,29,30)31/h10-13,17-19H,6-9,14-16H2,1-5H3,(H,32,34,36). The Bertz CT molecular complexity index is 1240. The molecule has 6 nitrogen and oxygen atoms in total. The highest BCUT2D eigenvalue weighted by Gasteiger charge is 2.65. The number of nitrogens with one attached hydrogen (secondary N) is 1. The first-order valence-electron chi connectivity index (χ1n) is 12.6. The highest BCUT2D eigenvalue weighted by atomic mass is 32.5. The number of unbranched alkanes of at least 4 members (excludes halogenated alkanes) is 3. The molecule has 0 aliphatic carbocycles. The molecule has 38 heavy (non-hydrogen) atoms. The molecule has 2 aromatic rings. The van der Waals surface area contributed by atoms with Crippen molar-refractivity contribution in [1.29, 1.82) is 0 Å². The Morgan fingerprint density at radius 1 is 0.974 bits per heavy atom. The van der Waals surface area contributed by atoms with Crippen molar-refractivity contribution < 1.29 is 29.0 Å². The quantitative estimate of drug-likeness (QED) is 0.153. The Morgan fingerprint density at radius 2 is 1.55 bits per heavy atom. The zero-order valence-electron chi connectivity index (χ0n) is 22.4. The normalized spacial score (nSPS) is 15.7. The van der Waals surface area contributed by atoms with Crippen LogP contribution in [0.3, 0.4) is 0 Å². The van der Waals surface area contributed by atoms with Gasteiger partial charge in [-0.25, -0.2) is 4.79 Å². The molecule has 12 heteroatoms. The molecular formula is C26H37F5N2O4S. The van der Waals surface area contributed by atoms with Crippen LogP contribution < -0.4 is 11.2 Å². The van der Waals surface area contributed by atoms with Gasteiger partial charge in [0, 0.05) is 12.7 Å². The van der Waals surface area contributed by atoms with Crippen molar-refractivity contribution in [3.05, 3.63) is 51.3 Å². The van der Waals surface area contributed by atoms with Gasteiger partial charge in [0.15, 0.2) is 0 Å². The lowest BCUT2D eigenvalue weighted by molar-refractivity contribution is -0.159. The second-order valence-electron chi connectivity index (χ2n) is 10.7. The second-order valence-corrected chi connectivity index (χ2v) is 13.1. The zero-order chi connectivity index (χ0) is 29.0. The molecule has 1 N–H and O–H groups in total. The van der Waals surface area contributed by atoms with Crippen LogP contribution in [0.1, 0.15) is 66.7 Å². The predicted octanol–water partition coefficient (Wildman–Crippen LogP) is 7.67. The molecule has 0 bridgehead atoms. The van der Waals surface area contributed by atoms with Crippen molar-refractivity contribution in [2.45, 2.75) is 78.2 Å². The summed E-state index contributed by atoms with van der Waals surface area (Å²) in [6.07, 6.45) is 4.57. The molecule has 1 atom stereocenters. The van der Waals surface area contributed by atoms with Crippen LogP contribution in [-0.4, -0.2) is 22.1 Å². The lowest BCUT2D eigenvalue weighted by Gasteiger charge is -2.40. The third kappa shape index (κ3) is 8.44. The van der Waals surface area contributed by atoms with E-state index in [1.807, 2.05) is 20.8 Å². The molecule has 1 heterocycles. The number of ether oxygens (including phenoxy) is 1. The number of halogens is 5. The van der Waals surface area contributed by atoms with Crippen molar-refractivity contribution in [2.75, 3.05) is 6.61 Å². The molecule has 1 aromatic carbocycles. The molecule has 0 radical (unpaired) electrons. The number of carbonyl (C=O) groups excluding carboxylic acids is 1. The van der Waals surface area contributed by atoms with Gasteiger partial charge in [0.1, 0.15) is 4.90 Å². The fourth-order valence-electron chi connectivity index (χ4n) is 4.24. The Morgan fingerprint density at radius 3 is 2.08 bits per heavy atom. The summed E-state index contributed by atoms with van der Waals surface area (Å²) >= 11 is 0. The van der Waals surface area contributed by atoms with Gasteiger partial charge in [0.2, 0.25) is 0 Å². The zero-order valence-corrected chi connectivity index (χ0v) is 23.2. The van der Waals surface area contributed by atoms with Gasteiger partial charge in [-0.05, 0) is 62.1 Å². The van der Waals surface area contributed by atoms with Crippen molar-refractivity contribution in [3.8, 4) is 11.1 Å². The van der Waals surface area contributed by atoms with E-state index in [4.69, 9.17) is 4.74 Å². The minimum atomic E-state index is -9.83. The van der Waals surface area contributed by atoms with E-state index in [-0.39, 0.29) is 48.3 Å². The first kappa shape index (κ1) is 31.6. The number of hydrogen-bond donors (Lipinski definition) is 1. The Kier molecular flexibility index (Phi) is 9.03. The molecule has 0 aliphatic rings. The minimum Gasteiger partial charge on any atom is -0.465 e. The van der Waals surface area contributed by atoms with Crippen molar-refractivity contribution in [2.24, 2.45) is 17.3 Å². The molecule has 0 saturated carbocycles. The Hall–Kier alpha value is -2.63. The summed E-state index contributed by atoms with van der Waals surface area (Å²) in [4.78, 5) is 37.1. The molecule has 216 valence electrons. The number of hydrogen-bond acceptors (Lipinski definition) is 4. The van der Waals surface area contributed by atoms with Gasteiger partial charge in [-0.1, -0.05) is 65.7 Å². The average molecular weight is 569 g/mol. The summed E-state index contributed by atoms with van der Waals surface area (Å²) in [6.45, 7) is 10.6. The number of aromatic nitrogens is 2. The molecule has 0 aliphatic heterocycles. The molecule has 1 aromatic heterocycles. The molecular weight excluding hydrogens is 531 g/mol. The van der Waals surface area contributed by atoms with E-state index >= 15 is 0 Å². The van der Waals surface area contributed by atoms with Gasteiger partial charge in [-0.15, -0.1) is 0 Å². The minimum absolute atomic E-state index is 0.0294. The predicted molar refractivity (Wildman–Crippen MR) is 140 cm³/mol. The molecule has 0 spiro atoms. The summed E-state index contributed by atoms with van der Waals surface area (Å²) in [6, 6.07) is 2.01. The monoisotopic (exact) mass is 568 g/mol. The maximum atomic E-state index is 13.0. The van der Waals surface area contributed by atoms with Crippen LogP contribution in [0.5, 0.6) is 0 Å². The van der Waals surface area contributed by atoms with Crippen LogP contribution in [0.15, 0.2) is 44.9 Å².